The first-order chi connectivity index (χ1) is 16.3. The Hall–Kier alpha value is -1.84. The van der Waals surface area contributed by atoms with Crippen LogP contribution in [0.15, 0.2) is 53.4 Å². The molecule has 0 aromatic heterocycles. The summed E-state index contributed by atoms with van der Waals surface area (Å²) in [6, 6.07) is 13.9. The topological polar surface area (TPSA) is 76.2 Å². The minimum atomic E-state index is -3.91. The zero-order chi connectivity index (χ0) is 24.2. The first-order valence-corrected chi connectivity index (χ1v) is 13.5. The standard InChI is InChI=1S/C24H28Cl2N2O5S/c25-20-8-4-9-21(23(20)26)34(30,31)28-11-5-10-24(17-28,18-33-19-6-2-1-3-7-19)16-22(29)27-12-14-32-15-13-27/h1-4,6-9H,5,10-18H2/t24-/m0/s1. The Bertz CT molecular complexity index is 1110. The van der Waals surface area contributed by atoms with E-state index in [1.807, 2.05) is 30.3 Å². The third-order valence-corrected chi connectivity index (χ3v) is 9.16. The van der Waals surface area contributed by atoms with Crippen molar-refractivity contribution in [3.63, 3.8) is 0 Å². The van der Waals surface area contributed by atoms with E-state index in [0.717, 1.165) is 0 Å². The highest BCUT2D eigenvalue weighted by atomic mass is 35.5. The Labute approximate surface area is 210 Å². The smallest absolute Gasteiger partial charge is 0.244 e. The summed E-state index contributed by atoms with van der Waals surface area (Å²) in [5.74, 6) is 0.665. The van der Waals surface area contributed by atoms with E-state index in [0.29, 0.717) is 51.4 Å². The van der Waals surface area contributed by atoms with Crippen LogP contribution in [0.3, 0.4) is 0 Å². The minimum absolute atomic E-state index is 0.00488. The number of rotatable bonds is 7. The molecule has 2 aliphatic rings. The summed E-state index contributed by atoms with van der Waals surface area (Å²) in [4.78, 5) is 15.0. The van der Waals surface area contributed by atoms with Gasteiger partial charge in [0.15, 0.2) is 0 Å². The lowest BCUT2D eigenvalue weighted by Crippen LogP contribution is -2.51. The van der Waals surface area contributed by atoms with Gasteiger partial charge in [-0.05, 0) is 37.1 Å². The maximum atomic E-state index is 13.5. The molecule has 34 heavy (non-hydrogen) atoms. The largest absolute Gasteiger partial charge is 0.493 e. The van der Waals surface area contributed by atoms with Gasteiger partial charge in [-0.1, -0.05) is 47.5 Å². The Morgan fingerprint density at radius 2 is 1.76 bits per heavy atom. The summed E-state index contributed by atoms with van der Waals surface area (Å²) in [7, 11) is -3.91. The monoisotopic (exact) mass is 526 g/mol. The summed E-state index contributed by atoms with van der Waals surface area (Å²) in [6.07, 6.45) is 1.46. The molecule has 0 N–H and O–H groups in total. The fourth-order valence-electron chi connectivity index (χ4n) is 4.50. The molecule has 2 aliphatic heterocycles. The second kappa shape index (κ2) is 10.8. The number of benzene rings is 2. The highest BCUT2D eigenvalue weighted by Crippen LogP contribution is 2.39. The molecule has 2 heterocycles. The predicted molar refractivity (Wildman–Crippen MR) is 131 cm³/mol. The van der Waals surface area contributed by atoms with Crippen LogP contribution in [0.5, 0.6) is 5.75 Å². The van der Waals surface area contributed by atoms with Crippen LogP contribution >= 0.6 is 23.2 Å². The van der Waals surface area contributed by atoms with Crippen LogP contribution in [0.2, 0.25) is 10.0 Å². The quantitative estimate of drug-likeness (QED) is 0.542. The van der Waals surface area contributed by atoms with E-state index in [1.54, 1.807) is 17.0 Å². The molecule has 184 valence electrons. The van der Waals surface area contributed by atoms with E-state index in [9.17, 15) is 13.2 Å². The molecule has 7 nitrogen and oxygen atoms in total. The molecule has 2 saturated heterocycles. The SMILES string of the molecule is O=C(C[C@@]1(COc2ccccc2)CCCN(S(=O)(=O)c2cccc(Cl)c2Cl)C1)N1CCOCC1. The zero-order valence-electron chi connectivity index (χ0n) is 18.8. The van der Waals surface area contributed by atoms with Crippen molar-refractivity contribution in [3.8, 4) is 5.75 Å². The second-order valence-corrected chi connectivity index (χ2v) is 11.5. The first kappa shape index (κ1) is 25.3. The van der Waals surface area contributed by atoms with Gasteiger partial charge in [0, 0.05) is 38.0 Å². The van der Waals surface area contributed by atoms with Crippen LogP contribution in [-0.4, -0.2) is 69.5 Å². The number of morpholine rings is 1. The van der Waals surface area contributed by atoms with Crippen molar-refractivity contribution in [1.82, 2.24) is 9.21 Å². The molecular weight excluding hydrogens is 499 g/mol. The molecule has 0 spiro atoms. The van der Waals surface area contributed by atoms with Crippen LogP contribution in [0, 0.1) is 5.41 Å². The first-order valence-electron chi connectivity index (χ1n) is 11.3. The number of nitrogens with zero attached hydrogens (tertiary/aromatic N) is 2. The number of amides is 1. The van der Waals surface area contributed by atoms with Gasteiger partial charge in [-0.2, -0.15) is 4.31 Å². The van der Waals surface area contributed by atoms with Gasteiger partial charge >= 0.3 is 0 Å². The Morgan fingerprint density at radius 3 is 2.50 bits per heavy atom. The van der Waals surface area contributed by atoms with E-state index in [-0.39, 0.29) is 40.4 Å². The van der Waals surface area contributed by atoms with Crippen LogP contribution in [0.1, 0.15) is 19.3 Å². The molecular formula is C24H28Cl2N2O5S. The summed E-state index contributed by atoms with van der Waals surface area (Å²) in [5.41, 5.74) is -0.679. The lowest BCUT2D eigenvalue weighted by atomic mass is 9.78. The van der Waals surface area contributed by atoms with Gasteiger partial charge in [-0.3, -0.25) is 4.79 Å². The summed E-state index contributed by atoms with van der Waals surface area (Å²) in [5, 5.41) is 0.186. The fraction of sp³-hybridized carbons (Fsp3) is 0.458. The number of hydrogen-bond acceptors (Lipinski definition) is 5. The predicted octanol–water partition coefficient (Wildman–Crippen LogP) is 4.09. The molecule has 0 radical (unpaired) electrons. The summed E-state index contributed by atoms with van der Waals surface area (Å²) in [6.45, 7) is 2.80. The molecule has 2 aromatic rings. The van der Waals surface area contributed by atoms with Crippen molar-refractivity contribution in [1.29, 1.82) is 0 Å². The van der Waals surface area contributed by atoms with Crippen LogP contribution < -0.4 is 4.74 Å². The summed E-state index contributed by atoms with van der Waals surface area (Å²) < 4.78 is 39.9. The van der Waals surface area contributed by atoms with Crippen molar-refractivity contribution in [2.45, 2.75) is 24.2 Å². The number of ether oxygens (including phenoxy) is 2. The Balaban J connectivity index is 1.60. The molecule has 4 rings (SSSR count). The van der Waals surface area contributed by atoms with Gasteiger partial charge in [0.2, 0.25) is 15.9 Å². The van der Waals surface area contributed by atoms with Crippen LogP contribution in [-0.2, 0) is 19.6 Å². The normalized spacial score (nSPS) is 21.9. The Kier molecular flexibility index (Phi) is 8.05. The van der Waals surface area contributed by atoms with Crippen molar-refractivity contribution in [2.75, 3.05) is 46.0 Å². The Morgan fingerprint density at radius 1 is 1.03 bits per heavy atom. The molecule has 2 fully saturated rings. The van der Waals surface area contributed by atoms with E-state index < -0.39 is 15.4 Å². The van der Waals surface area contributed by atoms with E-state index >= 15 is 0 Å². The van der Waals surface area contributed by atoms with Gasteiger partial charge in [0.1, 0.15) is 10.6 Å². The number of piperidine rings is 1. The van der Waals surface area contributed by atoms with Crippen molar-refractivity contribution < 1.29 is 22.7 Å². The average molecular weight is 527 g/mol. The fourth-order valence-corrected chi connectivity index (χ4v) is 6.83. The highest BCUT2D eigenvalue weighted by Gasteiger charge is 2.43. The van der Waals surface area contributed by atoms with E-state index in [4.69, 9.17) is 32.7 Å². The number of carbonyl (C=O) groups is 1. The van der Waals surface area contributed by atoms with Crippen molar-refractivity contribution in [2.24, 2.45) is 5.41 Å². The lowest BCUT2D eigenvalue weighted by Gasteiger charge is -2.42. The molecule has 0 aliphatic carbocycles. The van der Waals surface area contributed by atoms with Crippen molar-refractivity contribution >= 4 is 39.1 Å². The molecule has 2 aromatic carbocycles. The lowest BCUT2D eigenvalue weighted by molar-refractivity contribution is -0.139. The van der Waals surface area contributed by atoms with E-state index in [2.05, 4.69) is 0 Å². The van der Waals surface area contributed by atoms with E-state index in [1.165, 1.54) is 10.4 Å². The van der Waals surface area contributed by atoms with Gasteiger partial charge in [0.05, 0.1) is 29.9 Å². The molecule has 10 heteroatoms. The molecule has 0 saturated carbocycles. The third kappa shape index (κ3) is 5.69. The zero-order valence-corrected chi connectivity index (χ0v) is 21.1. The summed E-state index contributed by atoms with van der Waals surface area (Å²) >= 11 is 12.4. The van der Waals surface area contributed by atoms with Gasteiger partial charge < -0.3 is 14.4 Å². The number of carbonyl (C=O) groups excluding carboxylic acids is 1. The molecule has 1 amide bonds. The maximum absolute atomic E-state index is 13.5. The van der Waals surface area contributed by atoms with Gasteiger partial charge in [0.25, 0.3) is 0 Å². The number of hydrogen-bond donors (Lipinski definition) is 0. The third-order valence-electron chi connectivity index (χ3n) is 6.34. The van der Waals surface area contributed by atoms with Crippen LogP contribution in [0.4, 0.5) is 0 Å². The molecule has 0 bridgehead atoms. The van der Waals surface area contributed by atoms with Gasteiger partial charge in [-0.25, -0.2) is 8.42 Å². The number of sulfonamides is 1. The maximum Gasteiger partial charge on any atom is 0.244 e. The van der Waals surface area contributed by atoms with Crippen LogP contribution in [0.25, 0.3) is 0 Å². The average Bonchev–Trinajstić information content (AvgIpc) is 2.86. The molecule has 1 atom stereocenters. The van der Waals surface area contributed by atoms with Crippen molar-refractivity contribution in [3.05, 3.63) is 58.6 Å². The number of para-hydroxylation sites is 1. The second-order valence-electron chi connectivity index (χ2n) is 8.77. The minimum Gasteiger partial charge on any atom is -0.493 e. The number of halogens is 2. The highest BCUT2D eigenvalue weighted by molar-refractivity contribution is 7.89. The molecule has 0 unspecified atom stereocenters. The van der Waals surface area contributed by atoms with Gasteiger partial charge in [-0.15, -0.1) is 0 Å².